The molecular weight excluding hydrogens is 282 g/mol. The number of hydrogen-bond donors (Lipinski definition) is 3. The van der Waals surface area contributed by atoms with Crippen molar-refractivity contribution in [3.8, 4) is 0 Å². The van der Waals surface area contributed by atoms with E-state index in [0.717, 1.165) is 18.5 Å². The molecule has 0 amide bonds. The first-order valence-electron chi connectivity index (χ1n) is 6.94. The number of aryl methyl sites for hydroxylation is 1. The molecule has 0 aliphatic carbocycles. The van der Waals surface area contributed by atoms with E-state index in [0.29, 0.717) is 6.04 Å². The Hall–Kier alpha value is -1.85. The summed E-state index contributed by atoms with van der Waals surface area (Å²) in [5.74, 6) is 0.135. The molecule has 1 atom stereocenters. The summed E-state index contributed by atoms with van der Waals surface area (Å²) >= 11 is 1.85. The fourth-order valence-electron chi connectivity index (χ4n) is 2.11. The molecule has 0 spiro atoms. The average Bonchev–Trinajstić information content (AvgIpc) is 2.90. The smallest absolute Gasteiger partial charge is 0.170 e. The highest BCUT2D eigenvalue weighted by Crippen LogP contribution is 2.16. The van der Waals surface area contributed by atoms with Crippen molar-refractivity contribution in [3.05, 3.63) is 57.3 Å². The Bertz CT molecular complexity index is 604. The fraction of sp³-hybridized carbons (Fsp3) is 0.312. The zero-order chi connectivity index (χ0) is 15.2. The van der Waals surface area contributed by atoms with Crippen LogP contribution in [0.25, 0.3) is 0 Å². The molecule has 0 bridgehead atoms. The number of oxime groups is 1. The van der Waals surface area contributed by atoms with E-state index in [1.807, 2.05) is 35.6 Å². The van der Waals surface area contributed by atoms with Crippen molar-refractivity contribution in [1.29, 1.82) is 0 Å². The predicted molar refractivity (Wildman–Crippen MR) is 88.0 cm³/mol. The van der Waals surface area contributed by atoms with Crippen LogP contribution in [-0.2, 0) is 13.0 Å². The number of benzene rings is 1. The summed E-state index contributed by atoms with van der Waals surface area (Å²) in [6.45, 7) is 5.14. The minimum atomic E-state index is 0.135. The van der Waals surface area contributed by atoms with Crippen LogP contribution in [0.3, 0.4) is 0 Å². The third kappa shape index (κ3) is 4.58. The van der Waals surface area contributed by atoms with Crippen molar-refractivity contribution in [1.82, 2.24) is 5.32 Å². The highest BCUT2D eigenvalue weighted by atomic mass is 32.1. The van der Waals surface area contributed by atoms with E-state index in [1.165, 1.54) is 15.3 Å². The van der Waals surface area contributed by atoms with Gasteiger partial charge in [-0.05, 0) is 38.0 Å². The van der Waals surface area contributed by atoms with Crippen molar-refractivity contribution in [2.45, 2.75) is 32.9 Å². The number of nitrogens with zero attached hydrogens (tertiary/aromatic N) is 1. The van der Waals surface area contributed by atoms with E-state index in [-0.39, 0.29) is 5.84 Å². The molecule has 4 nitrogen and oxygen atoms in total. The minimum absolute atomic E-state index is 0.135. The second-order valence-corrected chi connectivity index (χ2v) is 6.55. The summed E-state index contributed by atoms with van der Waals surface area (Å²) in [5.41, 5.74) is 7.44. The molecule has 1 heterocycles. The van der Waals surface area contributed by atoms with Crippen LogP contribution < -0.4 is 11.1 Å². The lowest BCUT2D eigenvalue weighted by molar-refractivity contribution is 0.318. The van der Waals surface area contributed by atoms with Gasteiger partial charge >= 0.3 is 0 Å². The lowest BCUT2D eigenvalue weighted by Crippen LogP contribution is -2.27. The zero-order valence-electron chi connectivity index (χ0n) is 12.3. The molecule has 0 fully saturated rings. The third-order valence-electron chi connectivity index (χ3n) is 3.32. The summed E-state index contributed by atoms with van der Waals surface area (Å²) < 4.78 is 0. The van der Waals surface area contributed by atoms with Gasteiger partial charge in [0.25, 0.3) is 0 Å². The van der Waals surface area contributed by atoms with Gasteiger partial charge in [0.2, 0.25) is 0 Å². The van der Waals surface area contributed by atoms with Crippen LogP contribution in [-0.4, -0.2) is 17.1 Å². The maximum absolute atomic E-state index is 8.63. The van der Waals surface area contributed by atoms with Crippen LogP contribution in [0, 0.1) is 6.92 Å². The second-order valence-electron chi connectivity index (χ2n) is 5.18. The van der Waals surface area contributed by atoms with Crippen LogP contribution in [0.15, 0.2) is 41.6 Å². The molecule has 0 aliphatic heterocycles. The molecule has 1 aromatic carbocycles. The Labute approximate surface area is 129 Å². The Kier molecular flexibility index (Phi) is 5.36. The molecule has 0 aliphatic rings. The standard InChI is InChI=1S/C16H21N3OS/c1-11(9-15-8-3-12(2)21-15)18-10-13-4-6-14(7-5-13)16(17)19-20/h3-8,11,18,20H,9-10H2,1-2H3,(H2,17,19). The molecule has 4 N–H and O–H groups in total. The van der Waals surface area contributed by atoms with Crippen LogP contribution >= 0.6 is 11.3 Å². The van der Waals surface area contributed by atoms with Gasteiger partial charge in [0, 0.05) is 27.9 Å². The van der Waals surface area contributed by atoms with Gasteiger partial charge in [-0.25, -0.2) is 0 Å². The number of nitrogens with two attached hydrogens (primary N) is 1. The number of thiophene rings is 1. The first-order chi connectivity index (χ1) is 10.1. The summed E-state index contributed by atoms with van der Waals surface area (Å²) in [5, 5.41) is 15.1. The van der Waals surface area contributed by atoms with Gasteiger partial charge in [0.15, 0.2) is 5.84 Å². The van der Waals surface area contributed by atoms with Crippen LogP contribution in [0.1, 0.15) is 27.8 Å². The maximum Gasteiger partial charge on any atom is 0.170 e. The maximum atomic E-state index is 8.63. The average molecular weight is 303 g/mol. The fourth-order valence-corrected chi connectivity index (χ4v) is 3.13. The Morgan fingerprint density at radius 2 is 2.00 bits per heavy atom. The van der Waals surface area contributed by atoms with E-state index in [4.69, 9.17) is 10.9 Å². The quantitative estimate of drug-likeness (QED) is 0.332. The van der Waals surface area contributed by atoms with Gasteiger partial charge in [-0.2, -0.15) is 0 Å². The molecule has 0 radical (unpaired) electrons. The minimum Gasteiger partial charge on any atom is -0.409 e. The normalized spacial score (nSPS) is 13.3. The van der Waals surface area contributed by atoms with Crippen molar-refractivity contribution >= 4 is 17.2 Å². The van der Waals surface area contributed by atoms with Crippen LogP contribution in [0.5, 0.6) is 0 Å². The number of amidine groups is 1. The zero-order valence-corrected chi connectivity index (χ0v) is 13.2. The molecule has 2 rings (SSSR count). The molecule has 0 saturated carbocycles. The van der Waals surface area contributed by atoms with Crippen molar-refractivity contribution in [3.63, 3.8) is 0 Å². The van der Waals surface area contributed by atoms with E-state index < -0.39 is 0 Å². The topological polar surface area (TPSA) is 70.6 Å². The monoisotopic (exact) mass is 303 g/mol. The van der Waals surface area contributed by atoms with E-state index in [2.05, 4.69) is 36.5 Å². The SMILES string of the molecule is Cc1ccc(CC(C)NCc2ccc(C(N)=NO)cc2)s1. The number of nitrogens with one attached hydrogen (secondary N) is 1. The molecule has 0 saturated heterocycles. The first-order valence-corrected chi connectivity index (χ1v) is 7.75. The third-order valence-corrected chi connectivity index (χ3v) is 4.34. The largest absolute Gasteiger partial charge is 0.409 e. The van der Waals surface area contributed by atoms with Crippen LogP contribution in [0.4, 0.5) is 0 Å². The van der Waals surface area contributed by atoms with Gasteiger partial charge in [-0.15, -0.1) is 11.3 Å². The highest BCUT2D eigenvalue weighted by molar-refractivity contribution is 7.11. The van der Waals surface area contributed by atoms with Gasteiger partial charge in [0.1, 0.15) is 0 Å². The van der Waals surface area contributed by atoms with E-state index in [1.54, 1.807) is 0 Å². The van der Waals surface area contributed by atoms with Gasteiger partial charge in [-0.1, -0.05) is 29.4 Å². The number of rotatable bonds is 6. The Morgan fingerprint density at radius 3 is 2.57 bits per heavy atom. The molecule has 21 heavy (non-hydrogen) atoms. The predicted octanol–water partition coefficient (Wildman–Crippen LogP) is 2.87. The summed E-state index contributed by atoms with van der Waals surface area (Å²) in [6, 6.07) is 12.5. The molecule has 2 aromatic rings. The second kappa shape index (κ2) is 7.24. The lowest BCUT2D eigenvalue weighted by Gasteiger charge is -2.13. The number of hydrogen-bond acceptors (Lipinski definition) is 4. The first kappa shape index (κ1) is 15.5. The highest BCUT2D eigenvalue weighted by Gasteiger charge is 2.05. The van der Waals surface area contributed by atoms with Crippen molar-refractivity contribution < 1.29 is 5.21 Å². The molecule has 5 heteroatoms. The van der Waals surface area contributed by atoms with Crippen molar-refractivity contribution in [2.24, 2.45) is 10.9 Å². The molecule has 1 aromatic heterocycles. The van der Waals surface area contributed by atoms with E-state index >= 15 is 0 Å². The van der Waals surface area contributed by atoms with Crippen molar-refractivity contribution in [2.75, 3.05) is 0 Å². The molecular formula is C16H21N3OS. The van der Waals surface area contributed by atoms with E-state index in [9.17, 15) is 0 Å². The summed E-state index contributed by atoms with van der Waals surface area (Å²) in [4.78, 5) is 2.77. The van der Waals surface area contributed by atoms with Gasteiger partial charge < -0.3 is 16.3 Å². The van der Waals surface area contributed by atoms with Crippen LogP contribution in [0.2, 0.25) is 0 Å². The summed E-state index contributed by atoms with van der Waals surface area (Å²) in [6.07, 6.45) is 1.04. The molecule has 1 unspecified atom stereocenters. The Balaban J connectivity index is 1.85. The molecule has 112 valence electrons. The Morgan fingerprint density at radius 1 is 1.29 bits per heavy atom. The van der Waals surface area contributed by atoms with Gasteiger partial charge in [0.05, 0.1) is 0 Å². The lowest BCUT2D eigenvalue weighted by atomic mass is 10.1. The summed E-state index contributed by atoms with van der Waals surface area (Å²) in [7, 11) is 0. The van der Waals surface area contributed by atoms with Gasteiger partial charge in [-0.3, -0.25) is 0 Å².